The molecular weight excluding hydrogens is 426 g/mol. The van der Waals surface area contributed by atoms with E-state index in [9.17, 15) is 4.79 Å². The smallest absolute Gasteiger partial charge is 0.225 e. The van der Waals surface area contributed by atoms with Crippen molar-refractivity contribution in [2.24, 2.45) is 0 Å². The lowest BCUT2D eigenvalue weighted by molar-refractivity contribution is 0.351. The second kappa shape index (κ2) is 9.43. The third-order valence-electron chi connectivity index (χ3n) is 6.65. The van der Waals surface area contributed by atoms with E-state index in [4.69, 9.17) is 14.4 Å². The van der Waals surface area contributed by atoms with Crippen LogP contribution < -0.4 is 21.0 Å². The van der Waals surface area contributed by atoms with Gasteiger partial charge in [-0.2, -0.15) is 4.98 Å². The summed E-state index contributed by atoms with van der Waals surface area (Å²) in [4.78, 5) is 24.4. The highest BCUT2D eigenvalue weighted by Crippen LogP contribution is 2.26. The molecule has 7 heteroatoms. The monoisotopic (exact) mass is 457 g/mol. The summed E-state index contributed by atoms with van der Waals surface area (Å²) in [5.41, 5.74) is 3.38. The molecule has 0 atom stereocenters. The van der Waals surface area contributed by atoms with E-state index in [1.807, 2.05) is 62.3 Å². The predicted octanol–water partition coefficient (Wildman–Crippen LogP) is 4.62. The number of hydrogen-bond acceptors (Lipinski definition) is 7. The lowest BCUT2D eigenvalue weighted by atomic mass is 9.91. The van der Waals surface area contributed by atoms with Crippen LogP contribution in [0.15, 0.2) is 57.9 Å². The van der Waals surface area contributed by atoms with Crippen LogP contribution in [-0.4, -0.2) is 36.1 Å². The predicted molar refractivity (Wildman–Crippen MR) is 138 cm³/mol. The van der Waals surface area contributed by atoms with Crippen molar-refractivity contribution in [2.75, 3.05) is 24.3 Å². The summed E-state index contributed by atoms with van der Waals surface area (Å²) in [5.74, 6) is 1.61. The molecule has 0 spiro atoms. The van der Waals surface area contributed by atoms with Gasteiger partial charge in [-0.05, 0) is 56.9 Å². The molecule has 0 aliphatic heterocycles. The van der Waals surface area contributed by atoms with Gasteiger partial charge < -0.3 is 20.0 Å². The van der Waals surface area contributed by atoms with E-state index in [0.717, 1.165) is 48.0 Å². The van der Waals surface area contributed by atoms with E-state index in [0.29, 0.717) is 41.1 Å². The number of benzene rings is 2. The largest absolute Gasteiger partial charge is 0.464 e. The van der Waals surface area contributed by atoms with E-state index in [1.165, 1.54) is 0 Å². The molecule has 0 unspecified atom stereocenters. The summed E-state index contributed by atoms with van der Waals surface area (Å²) in [7, 11) is 4.01. The molecule has 2 aromatic carbocycles. The number of para-hydroxylation sites is 1. The summed E-state index contributed by atoms with van der Waals surface area (Å²) in [6.45, 7) is 2.51. The fraction of sp³-hybridized carbons (Fsp3) is 0.370. The first kappa shape index (κ1) is 22.3. The van der Waals surface area contributed by atoms with Crippen LogP contribution in [0.3, 0.4) is 0 Å². The molecule has 0 amide bonds. The van der Waals surface area contributed by atoms with Gasteiger partial charge >= 0.3 is 0 Å². The topological polar surface area (TPSA) is 83.3 Å². The van der Waals surface area contributed by atoms with Gasteiger partial charge in [0.1, 0.15) is 11.4 Å². The maximum atomic E-state index is 12.8. The maximum Gasteiger partial charge on any atom is 0.225 e. The third kappa shape index (κ3) is 4.61. The molecule has 2 aromatic heterocycles. The molecule has 1 aliphatic rings. The van der Waals surface area contributed by atoms with Crippen molar-refractivity contribution in [1.82, 2.24) is 15.3 Å². The van der Waals surface area contributed by atoms with Crippen LogP contribution in [0.5, 0.6) is 0 Å². The average molecular weight is 458 g/mol. The zero-order valence-electron chi connectivity index (χ0n) is 20.0. The van der Waals surface area contributed by atoms with Crippen molar-refractivity contribution in [3.8, 4) is 0 Å². The summed E-state index contributed by atoms with van der Waals surface area (Å²) in [5, 5.41) is 8.83. The average Bonchev–Trinajstić information content (AvgIpc) is 2.84. The first-order chi connectivity index (χ1) is 16.5. The second-order valence-electron chi connectivity index (χ2n) is 9.45. The van der Waals surface area contributed by atoms with Crippen molar-refractivity contribution in [1.29, 1.82) is 0 Å². The molecule has 1 fully saturated rings. The number of aromatic nitrogens is 2. The van der Waals surface area contributed by atoms with Crippen LogP contribution in [-0.2, 0) is 6.54 Å². The molecule has 5 rings (SSSR count). The van der Waals surface area contributed by atoms with Gasteiger partial charge in [0.2, 0.25) is 5.95 Å². The van der Waals surface area contributed by atoms with Gasteiger partial charge in [-0.15, -0.1) is 0 Å². The van der Waals surface area contributed by atoms with Crippen molar-refractivity contribution in [2.45, 2.75) is 51.2 Å². The molecule has 2 heterocycles. The van der Waals surface area contributed by atoms with Crippen LogP contribution in [0.1, 0.15) is 36.8 Å². The number of nitrogens with one attached hydrogen (secondary N) is 2. The van der Waals surface area contributed by atoms with E-state index in [1.54, 1.807) is 6.26 Å². The molecule has 0 saturated heterocycles. The van der Waals surface area contributed by atoms with Gasteiger partial charge in [0.15, 0.2) is 5.43 Å². The molecule has 7 nitrogen and oxygen atoms in total. The highest BCUT2D eigenvalue weighted by Gasteiger charge is 2.22. The van der Waals surface area contributed by atoms with Crippen molar-refractivity contribution in [3.05, 3.63) is 70.1 Å². The summed E-state index contributed by atoms with van der Waals surface area (Å²) < 4.78 is 5.69. The Hall–Kier alpha value is -3.45. The molecule has 34 heavy (non-hydrogen) atoms. The van der Waals surface area contributed by atoms with Crippen molar-refractivity contribution >= 4 is 33.6 Å². The quantitative estimate of drug-likeness (QED) is 0.437. The number of rotatable bonds is 6. The minimum Gasteiger partial charge on any atom is -0.464 e. The highest BCUT2D eigenvalue weighted by molar-refractivity contribution is 5.90. The van der Waals surface area contributed by atoms with E-state index < -0.39 is 0 Å². The molecule has 176 valence electrons. The normalized spacial score (nSPS) is 18.3. The standard InChI is InChI=1S/C27H31N5O2/c1-17-8-13-24-22(14-17)25(33)18(16-34-24)15-28-19-9-11-20(12-10-19)29-27-30-23-7-5-4-6-21(23)26(31-27)32(2)3/h4-8,13-14,16,19-20,28H,9-12,15H2,1-3H3,(H,29,30,31)/t19-,20+. The number of aryl methyl sites for hydroxylation is 1. The Bertz CT molecular complexity index is 1370. The van der Waals surface area contributed by atoms with Crippen molar-refractivity contribution < 1.29 is 4.42 Å². The van der Waals surface area contributed by atoms with Gasteiger partial charge in [0, 0.05) is 43.7 Å². The van der Waals surface area contributed by atoms with Gasteiger partial charge in [-0.3, -0.25) is 4.79 Å². The summed E-state index contributed by atoms with van der Waals surface area (Å²) >= 11 is 0. The SMILES string of the molecule is Cc1ccc2occ(CN[C@H]3CC[C@@H](Nc4nc(N(C)C)c5ccccc5n4)CC3)c(=O)c2c1. The Labute approximate surface area is 199 Å². The Balaban J connectivity index is 1.20. The van der Waals surface area contributed by atoms with Crippen LogP contribution in [0.4, 0.5) is 11.8 Å². The minimum absolute atomic E-state index is 0.0537. The highest BCUT2D eigenvalue weighted by atomic mass is 16.3. The lowest BCUT2D eigenvalue weighted by Crippen LogP contribution is -2.37. The number of hydrogen-bond donors (Lipinski definition) is 2. The van der Waals surface area contributed by atoms with Crippen LogP contribution in [0.2, 0.25) is 0 Å². The van der Waals surface area contributed by atoms with E-state index in [2.05, 4.69) is 16.7 Å². The summed E-state index contributed by atoms with van der Waals surface area (Å²) in [6.07, 6.45) is 5.71. The second-order valence-corrected chi connectivity index (χ2v) is 9.45. The fourth-order valence-electron chi connectivity index (χ4n) is 4.75. The number of anilines is 2. The van der Waals surface area contributed by atoms with E-state index >= 15 is 0 Å². The zero-order valence-corrected chi connectivity index (χ0v) is 20.0. The maximum absolute atomic E-state index is 12.8. The number of nitrogens with zero attached hydrogens (tertiary/aromatic N) is 3. The molecular formula is C27H31N5O2. The number of fused-ring (bicyclic) bond motifs is 2. The Morgan fingerprint density at radius 3 is 2.56 bits per heavy atom. The zero-order chi connectivity index (χ0) is 23.7. The fourth-order valence-corrected chi connectivity index (χ4v) is 4.75. The van der Waals surface area contributed by atoms with Crippen LogP contribution in [0.25, 0.3) is 21.9 Å². The molecule has 2 N–H and O–H groups in total. The Morgan fingerprint density at radius 1 is 1.00 bits per heavy atom. The Morgan fingerprint density at radius 2 is 1.76 bits per heavy atom. The lowest BCUT2D eigenvalue weighted by Gasteiger charge is -2.30. The first-order valence-electron chi connectivity index (χ1n) is 11.9. The van der Waals surface area contributed by atoms with Crippen LogP contribution >= 0.6 is 0 Å². The molecule has 0 bridgehead atoms. The molecule has 1 aliphatic carbocycles. The Kier molecular flexibility index (Phi) is 6.20. The van der Waals surface area contributed by atoms with Crippen molar-refractivity contribution in [3.63, 3.8) is 0 Å². The summed E-state index contributed by atoms with van der Waals surface area (Å²) in [6, 6.07) is 14.5. The van der Waals surface area contributed by atoms with Gasteiger partial charge in [0.25, 0.3) is 0 Å². The van der Waals surface area contributed by atoms with Gasteiger partial charge in [-0.25, -0.2) is 4.98 Å². The molecule has 0 radical (unpaired) electrons. The van der Waals surface area contributed by atoms with Crippen LogP contribution in [0, 0.1) is 6.92 Å². The van der Waals surface area contributed by atoms with E-state index in [-0.39, 0.29) is 5.43 Å². The minimum atomic E-state index is 0.0537. The van der Waals surface area contributed by atoms with Gasteiger partial charge in [0.05, 0.1) is 17.2 Å². The molecule has 4 aromatic rings. The molecule has 1 saturated carbocycles. The first-order valence-corrected chi connectivity index (χ1v) is 11.9. The third-order valence-corrected chi connectivity index (χ3v) is 6.65. The van der Waals surface area contributed by atoms with Gasteiger partial charge in [-0.1, -0.05) is 23.8 Å².